The summed E-state index contributed by atoms with van der Waals surface area (Å²) in [5.41, 5.74) is 14.4. The smallest absolute Gasteiger partial charge is 0.137 e. The van der Waals surface area contributed by atoms with Gasteiger partial charge in [-0.1, -0.05) is 195 Å². The highest BCUT2D eigenvalue weighted by Gasteiger charge is 2.27. The molecule has 4 heterocycles. The molecule has 0 radical (unpaired) electrons. The number of ether oxygens (including phenoxy) is 1. The van der Waals surface area contributed by atoms with E-state index in [1.807, 2.05) is 20.0 Å². The number of hydrogen-bond acceptors (Lipinski definition) is 3. The molecule has 1 aliphatic heterocycles. The van der Waals surface area contributed by atoms with E-state index in [1.165, 1.54) is 49.2 Å². The van der Waals surface area contributed by atoms with Crippen LogP contribution in [0, 0.1) is 0 Å². The summed E-state index contributed by atoms with van der Waals surface area (Å²) in [4.78, 5) is 7.43. The highest BCUT2D eigenvalue weighted by atomic mass is 16.5. The van der Waals surface area contributed by atoms with Crippen LogP contribution < -0.4 is 9.64 Å². The minimum atomic E-state index is -0.797. The first-order valence-electron chi connectivity index (χ1n) is 27.1. The summed E-state index contributed by atoms with van der Waals surface area (Å²) in [6.07, 6.45) is 1.93. The number of hydrogen-bond donors (Lipinski definition) is 0. The van der Waals surface area contributed by atoms with E-state index in [0.29, 0.717) is 6.67 Å². The fraction of sp³-hybridized carbons (Fsp3) is 0.169. The van der Waals surface area contributed by atoms with Crippen molar-refractivity contribution in [3.05, 3.63) is 229 Å². The summed E-state index contributed by atoms with van der Waals surface area (Å²) in [5.74, 6) is 1.56. The molecule has 3 aromatic heterocycles. The first-order chi connectivity index (χ1) is 37.1. The van der Waals surface area contributed by atoms with E-state index in [1.54, 1.807) is 0 Å². The molecule has 12 aromatic rings. The van der Waals surface area contributed by atoms with Gasteiger partial charge in [0.2, 0.25) is 0 Å². The lowest BCUT2D eigenvalue weighted by atomic mass is 9.82. The summed E-state index contributed by atoms with van der Waals surface area (Å²) in [6, 6.07) is 74.9. The summed E-state index contributed by atoms with van der Waals surface area (Å²) in [5, 5.41) is 9.38. The molecule has 0 fully saturated rings. The number of aromatic nitrogens is 3. The average Bonchev–Trinajstić information content (AvgIpc) is 4.22. The lowest BCUT2D eigenvalue weighted by molar-refractivity contribution is 0.483. The third-order valence-corrected chi connectivity index (χ3v) is 15.6. The molecule has 0 bridgehead atoms. The second-order valence-corrected chi connectivity index (χ2v) is 22.9. The van der Waals surface area contributed by atoms with Gasteiger partial charge in [-0.2, -0.15) is 0 Å². The fourth-order valence-corrected chi connectivity index (χ4v) is 11.6. The minimum Gasteiger partial charge on any atom is -0.457 e. The zero-order valence-electron chi connectivity index (χ0n) is 45.6. The SMILES string of the molecule is [2H]C(C)(C)c1cc(-c2cccc3c4ccccc4c4ccccc4c4cccc5c4n(c23)CN5c2cccc(Oc3ccc4c5cc(-c6ccccc6)ccc5n(-c5cc(C(C)(C)C)ccn5)c4c3)c2)cc(C(C)(C)C)c1. The molecule has 0 aliphatic carbocycles. The molecular weight excluding hydrogens is 925 g/mol. The highest BCUT2D eigenvalue weighted by Crippen LogP contribution is 2.46. The van der Waals surface area contributed by atoms with Gasteiger partial charge in [-0.15, -0.1) is 0 Å². The molecule has 0 saturated heterocycles. The number of para-hydroxylation sites is 2. The number of fused-ring (bicyclic) bond motifs is 10. The van der Waals surface area contributed by atoms with Crippen molar-refractivity contribution < 1.29 is 6.11 Å². The van der Waals surface area contributed by atoms with Crippen LogP contribution in [0.2, 0.25) is 0 Å². The first kappa shape index (κ1) is 45.9. The minimum absolute atomic E-state index is 0.0519. The Kier molecular flexibility index (Phi) is 10.9. The van der Waals surface area contributed by atoms with E-state index in [-0.39, 0.29) is 10.8 Å². The Morgan fingerprint density at radius 1 is 0.474 bits per heavy atom. The Balaban J connectivity index is 0.991. The Labute approximate surface area is 447 Å². The lowest BCUT2D eigenvalue weighted by Gasteiger charge is -2.23. The molecule has 13 rings (SSSR count). The van der Waals surface area contributed by atoms with E-state index in [9.17, 15) is 1.37 Å². The van der Waals surface area contributed by atoms with Gasteiger partial charge in [0.1, 0.15) is 24.0 Å². The van der Waals surface area contributed by atoms with Crippen molar-refractivity contribution in [3.8, 4) is 39.6 Å². The molecule has 5 nitrogen and oxygen atoms in total. The average molecular weight is 988 g/mol. The van der Waals surface area contributed by atoms with E-state index >= 15 is 0 Å². The normalized spacial score (nSPS) is 13.1. The van der Waals surface area contributed by atoms with Crippen molar-refractivity contribution in [2.24, 2.45) is 0 Å². The van der Waals surface area contributed by atoms with Crippen LogP contribution in [-0.2, 0) is 17.5 Å². The third kappa shape index (κ3) is 8.04. The maximum Gasteiger partial charge on any atom is 0.137 e. The second-order valence-electron chi connectivity index (χ2n) is 22.9. The van der Waals surface area contributed by atoms with Crippen LogP contribution in [0.4, 0.5) is 11.4 Å². The van der Waals surface area contributed by atoms with Gasteiger partial charge >= 0.3 is 0 Å². The maximum absolute atomic E-state index is 9.31. The van der Waals surface area contributed by atoms with Gasteiger partial charge < -0.3 is 14.2 Å². The van der Waals surface area contributed by atoms with Gasteiger partial charge in [0.05, 0.1) is 27.8 Å². The molecule has 0 saturated carbocycles. The molecule has 0 N–H and O–H groups in total. The Morgan fingerprint density at radius 2 is 1.12 bits per heavy atom. The van der Waals surface area contributed by atoms with E-state index in [0.717, 1.165) is 83.6 Å². The van der Waals surface area contributed by atoms with Crippen LogP contribution in [0.25, 0.3) is 93.2 Å². The molecule has 0 atom stereocenters. The number of pyridine rings is 1. The molecule has 9 aromatic carbocycles. The zero-order chi connectivity index (χ0) is 53.0. The topological polar surface area (TPSA) is 35.2 Å². The quantitative estimate of drug-likeness (QED) is 0.160. The Bertz CT molecular complexity index is 4380. The third-order valence-electron chi connectivity index (χ3n) is 15.6. The monoisotopic (exact) mass is 987 g/mol. The van der Waals surface area contributed by atoms with E-state index < -0.39 is 5.89 Å². The van der Waals surface area contributed by atoms with Crippen molar-refractivity contribution >= 4 is 76.5 Å². The van der Waals surface area contributed by atoms with Crippen molar-refractivity contribution in [3.63, 3.8) is 0 Å². The molecule has 372 valence electrons. The molecular formula is C71H62N4O. The van der Waals surface area contributed by atoms with Gasteiger partial charge in [-0.3, -0.25) is 4.57 Å². The standard InChI is InChI=1S/C71H62N4O/c1-45(2)48-37-49(39-51(38-48)71(6,7)8)55-27-17-28-61-58-25-14-12-23-56(58)57-24-13-15-26-59(57)62-29-18-30-65-69(62)74(68(55)61)44-73(65)52-21-16-22-53(42-52)76-54-32-33-60-63-40-47(46-19-10-9-11-20-46)31-34-64(63)75(66(60)43-54)67-41-50(35-36-72-67)70(3,4)5/h9-43,45H,44H2,1-8H3/i45D. The summed E-state index contributed by atoms with van der Waals surface area (Å²) < 4.78 is 21.1. The van der Waals surface area contributed by atoms with Crippen molar-refractivity contribution in [1.82, 2.24) is 14.1 Å². The van der Waals surface area contributed by atoms with Crippen molar-refractivity contribution in [1.29, 1.82) is 0 Å². The van der Waals surface area contributed by atoms with Gasteiger partial charge in [-0.25, -0.2) is 4.98 Å². The number of rotatable bonds is 7. The van der Waals surface area contributed by atoms with Gasteiger partial charge in [0.25, 0.3) is 0 Å². The van der Waals surface area contributed by atoms with Gasteiger partial charge in [0.15, 0.2) is 0 Å². The zero-order valence-corrected chi connectivity index (χ0v) is 44.6. The molecule has 0 amide bonds. The van der Waals surface area contributed by atoms with Crippen molar-refractivity contribution in [2.75, 3.05) is 4.90 Å². The van der Waals surface area contributed by atoms with Crippen LogP contribution in [-0.4, -0.2) is 14.1 Å². The first-order valence-corrected chi connectivity index (χ1v) is 26.6. The van der Waals surface area contributed by atoms with Crippen LogP contribution in [0.3, 0.4) is 0 Å². The maximum atomic E-state index is 9.31. The van der Waals surface area contributed by atoms with Crippen LogP contribution >= 0.6 is 0 Å². The molecule has 1 aliphatic rings. The molecule has 0 spiro atoms. The number of nitrogens with zero attached hydrogens (tertiary/aromatic N) is 4. The van der Waals surface area contributed by atoms with Crippen LogP contribution in [0.5, 0.6) is 11.5 Å². The predicted octanol–water partition coefficient (Wildman–Crippen LogP) is 19.7. The van der Waals surface area contributed by atoms with Crippen LogP contribution in [0.15, 0.2) is 212 Å². The molecule has 5 heteroatoms. The fourth-order valence-electron chi connectivity index (χ4n) is 11.6. The Morgan fingerprint density at radius 3 is 1.83 bits per heavy atom. The summed E-state index contributed by atoms with van der Waals surface area (Å²) in [7, 11) is 0. The number of benzene rings is 9. The lowest BCUT2D eigenvalue weighted by Crippen LogP contribution is -2.15. The summed E-state index contributed by atoms with van der Waals surface area (Å²) >= 11 is 0. The predicted molar refractivity (Wildman–Crippen MR) is 322 cm³/mol. The van der Waals surface area contributed by atoms with Gasteiger partial charge in [0, 0.05) is 52.5 Å². The van der Waals surface area contributed by atoms with Crippen molar-refractivity contribution in [2.45, 2.75) is 78.8 Å². The molecule has 76 heavy (non-hydrogen) atoms. The van der Waals surface area contributed by atoms with Crippen LogP contribution in [0.1, 0.15) is 79.3 Å². The van der Waals surface area contributed by atoms with E-state index in [4.69, 9.17) is 9.72 Å². The largest absolute Gasteiger partial charge is 0.457 e. The summed E-state index contributed by atoms with van der Waals surface area (Å²) in [6.45, 7) is 18.1. The molecule has 0 unspecified atom stereocenters. The van der Waals surface area contributed by atoms with Gasteiger partial charge in [-0.05, 0) is 126 Å². The number of anilines is 2. The van der Waals surface area contributed by atoms with E-state index in [2.05, 4.69) is 262 Å². The Hall–Kier alpha value is -8.67. The highest BCUT2D eigenvalue weighted by molar-refractivity contribution is 6.22. The second kappa shape index (κ2) is 18.0.